The van der Waals surface area contributed by atoms with E-state index in [0.717, 1.165) is 47.4 Å². The van der Waals surface area contributed by atoms with Crippen molar-refractivity contribution in [2.45, 2.75) is 57.3 Å². The zero-order valence-corrected chi connectivity index (χ0v) is 28.0. The van der Waals surface area contributed by atoms with Gasteiger partial charge < -0.3 is 15.0 Å². The number of anilines is 1. The van der Waals surface area contributed by atoms with Crippen LogP contribution in [0, 0.1) is 0 Å². The smallest absolute Gasteiger partial charge is 0.244 e. The third-order valence-corrected chi connectivity index (χ3v) is 9.83. The van der Waals surface area contributed by atoms with Gasteiger partial charge in [-0.3, -0.25) is 13.9 Å². The Hall–Kier alpha value is -4.34. The van der Waals surface area contributed by atoms with Gasteiger partial charge in [0.1, 0.15) is 24.9 Å². The predicted molar refractivity (Wildman–Crippen MR) is 186 cm³/mol. The number of halogens is 1. The highest BCUT2D eigenvalue weighted by atomic mass is 35.5. The molecule has 0 aromatic heterocycles. The van der Waals surface area contributed by atoms with Crippen LogP contribution >= 0.6 is 11.6 Å². The number of hydrogen-bond acceptors (Lipinski definition) is 5. The molecule has 0 saturated heterocycles. The standard InChI is InChI=1S/C37H40ClN3O5S/c1-47(44,45)41(32-20-22-33(23-21-32)46-27-29-14-6-3-7-15-29)26-36(42)40(25-30-16-8-11-19-34(30)38)35(24-28-12-4-2-5-13-28)37(43)39-31-17-9-10-18-31/h2-8,11-16,19-23,31,35H,9-10,17-18,24-27H2,1H3,(H,39,43)/t35-/m0/s1. The van der Waals surface area contributed by atoms with E-state index < -0.39 is 28.5 Å². The molecule has 47 heavy (non-hydrogen) atoms. The maximum absolute atomic E-state index is 14.4. The van der Waals surface area contributed by atoms with Crippen molar-refractivity contribution in [2.24, 2.45) is 0 Å². The lowest BCUT2D eigenvalue weighted by Gasteiger charge is -2.34. The van der Waals surface area contributed by atoms with Crippen molar-refractivity contribution in [3.63, 3.8) is 0 Å². The van der Waals surface area contributed by atoms with Crippen molar-refractivity contribution < 1.29 is 22.7 Å². The van der Waals surface area contributed by atoms with Crippen molar-refractivity contribution in [3.05, 3.63) is 131 Å². The van der Waals surface area contributed by atoms with Gasteiger partial charge in [-0.25, -0.2) is 8.42 Å². The Bertz CT molecular complexity index is 1730. The molecular formula is C37H40ClN3O5S. The van der Waals surface area contributed by atoms with Gasteiger partial charge in [0, 0.05) is 24.0 Å². The molecule has 8 nitrogen and oxygen atoms in total. The van der Waals surface area contributed by atoms with Crippen LogP contribution in [0.2, 0.25) is 5.02 Å². The summed E-state index contributed by atoms with van der Waals surface area (Å²) < 4.78 is 33.2. The number of benzene rings is 4. The normalized spacial score (nSPS) is 13.9. The molecule has 246 valence electrons. The van der Waals surface area contributed by atoms with Crippen molar-refractivity contribution >= 4 is 39.1 Å². The van der Waals surface area contributed by atoms with Crippen LogP contribution in [0.25, 0.3) is 0 Å². The van der Waals surface area contributed by atoms with Crippen molar-refractivity contribution in [3.8, 4) is 5.75 Å². The Balaban J connectivity index is 1.43. The van der Waals surface area contributed by atoms with Crippen molar-refractivity contribution in [2.75, 3.05) is 17.1 Å². The Morgan fingerprint density at radius 1 is 0.851 bits per heavy atom. The Kier molecular flexibility index (Phi) is 11.6. The van der Waals surface area contributed by atoms with E-state index in [0.29, 0.717) is 28.6 Å². The van der Waals surface area contributed by atoms with Gasteiger partial charge in [-0.15, -0.1) is 0 Å². The summed E-state index contributed by atoms with van der Waals surface area (Å²) in [5.41, 5.74) is 2.84. The molecule has 0 radical (unpaired) electrons. The summed E-state index contributed by atoms with van der Waals surface area (Å²) in [6.45, 7) is -0.120. The van der Waals surface area contributed by atoms with E-state index in [-0.39, 0.29) is 24.9 Å². The number of amides is 2. The molecule has 4 aromatic carbocycles. The van der Waals surface area contributed by atoms with Crippen LogP contribution in [0.3, 0.4) is 0 Å². The number of nitrogens with zero attached hydrogens (tertiary/aromatic N) is 2. The molecule has 1 aliphatic carbocycles. The molecule has 5 rings (SSSR count). The first-order chi connectivity index (χ1) is 22.7. The summed E-state index contributed by atoms with van der Waals surface area (Å²) in [6, 6.07) is 32.1. The van der Waals surface area contributed by atoms with Crippen LogP contribution in [-0.4, -0.2) is 50.0 Å². The Morgan fingerprint density at radius 2 is 1.45 bits per heavy atom. The summed E-state index contributed by atoms with van der Waals surface area (Å²) >= 11 is 6.55. The molecule has 0 spiro atoms. The average Bonchev–Trinajstić information content (AvgIpc) is 3.59. The lowest BCUT2D eigenvalue weighted by Crippen LogP contribution is -2.54. The number of ether oxygens (including phenoxy) is 1. The van der Waals surface area contributed by atoms with Crippen LogP contribution in [0.1, 0.15) is 42.4 Å². The highest BCUT2D eigenvalue weighted by molar-refractivity contribution is 7.92. The fraction of sp³-hybridized carbons (Fsp3) is 0.297. The van der Waals surface area contributed by atoms with Crippen LogP contribution < -0.4 is 14.4 Å². The minimum atomic E-state index is -3.90. The molecule has 0 bridgehead atoms. The van der Waals surface area contributed by atoms with E-state index in [4.69, 9.17) is 16.3 Å². The van der Waals surface area contributed by atoms with Crippen LogP contribution in [0.15, 0.2) is 109 Å². The topological polar surface area (TPSA) is 96.0 Å². The number of hydrogen-bond donors (Lipinski definition) is 1. The van der Waals surface area contributed by atoms with Gasteiger partial charge in [-0.2, -0.15) is 0 Å². The van der Waals surface area contributed by atoms with E-state index in [9.17, 15) is 18.0 Å². The highest BCUT2D eigenvalue weighted by Gasteiger charge is 2.34. The van der Waals surface area contributed by atoms with E-state index in [1.807, 2.05) is 66.7 Å². The fourth-order valence-corrected chi connectivity index (χ4v) is 6.84. The molecule has 1 aliphatic rings. The Labute approximate surface area is 282 Å². The second-order valence-electron chi connectivity index (χ2n) is 11.8. The number of nitrogens with one attached hydrogen (secondary N) is 1. The van der Waals surface area contributed by atoms with Crippen LogP contribution in [-0.2, 0) is 39.2 Å². The first kappa shape index (κ1) is 34.0. The third kappa shape index (κ3) is 9.59. The first-order valence-corrected chi connectivity index (χ1v) is 18.0. The minimum Gasteiger partial charge on any atom is -0.489 e. The molecule has 1 fully saturated rings. The molecule has 0 heterocycles. The molecule has 1 atom stereocenters. The summed E-state index contributed by atoms with van der Waals surface area (Å²) in [5, 5.41) is 3.62. The number of carbonyl (C=O) groups excluding carboxylic acids is 2. The zero-order chi connectivity index (χ0) is 33.2. The van der Waals surface area contributed by atoms with Crippen molar-refractivity contribution in [1.29, 1.82) is 0 Å². The molecule has 1 saturated carbocycles. The minimum absolute atomic E-state index is 0.0258. The fourth-order valence-electron chi connectivity index (χ4n) is 5.79. The average molecular weight is 674 g/mol. The second kappa shape index (κ2) is 16.0. The van der Waals surface area contributed by atoms with Gasteiger partial charge in [0.2, 0.25) is 21.8 Å². The van der Waals surface area contributed by atoms with Gasteiger partial charge in [0.25, 0.3) is 0 Å². The van der Waals surface area contributed by atoms with Gasteiger partial charge in [0.05, 0.1) is 11.9 Å². The maximum atomic E-state index is 14.4. The molecular weight excluding hydrogens is 634 g/mol. The first-order valence-electron chi connectivity index (χ1n) is 15.8. The molecule has 0 unspecified atom stereocenters. The van der Waals surface area contributed by atoms with E-state index >= 15 is 0 Å². The molecule has 1 N–H and O–H groups in total. The SMILES string of the molecule is CS(=O)(=O)N(CC(=O)N(Cc1ccccc1Cl)[C@@H](Cc1ccccc1)C(=O)NC1CCCC1)c1ccc(OCc2ccccc2)cc1. The molecule has 2 amide bonds. The second-order valence-corrected chi connectivity index (χ2v) is 14.2. The number of carbonyl (C=O) groups is 2. The quantitative estimate of drug-likeness (QED) is 0.168. The molecule has 10 heteroatoms. The van der Waals surface area contributed by atoms with Gasteiger partial charge in [0.15, 0.2) is 0 Å². The summed E-state index contributed by atoms with van der Waals surface area (Å²) in [7, 11) is -3.90. The lowest BCUT2D eigenvalue weighted by atomic mass is 10.0. The van der Waals surface area contributed by atoms with Crippen molar-refractivity contribution in [1.82, 2.24) is 10.2 Å². The number of rotatable bonds is 14. The monoisotopic (exact) mass is 673 g/mol. The highest BCUT2D eigenvalue weighted by Crippen LogP contribution is 2.26. The van der Waals surface area contributed by atoms with Gasteiger partial charge in [-0.1, -0.05) is 103 Å². The van der Waals surface area contributed by atoms with Gasteiger partial charge in [-0.05, 0) is 59.9 Å². The van der Waals surface area contributed by atoms with Gasteiger partial charge >= 0.3 is 0 Å². The zero-order valence-electron chi connectivity index (χ0n) is 26.4. The summed E-state index contributed by atoms with van der Waals surface area (Å²) in [4.78, 5) is 29.8. The van der Waals surface area contributed by atoms with Crippen LogP contribution in [0.5, 0.6) is 5.75 Å². The van der Waals surface area contributed by atoms with E-state index in [1.165, 1.54) is 4.90 Å². The predicted octanol–water partition coefficient (Wildman–Crippen LogP) is 6.38. The maximum Gasteiger partial charge on any atom is 0.244 e. The Morgan fingerprint density at radius 3 is 2.06 bits per heavy atom. The van der Waals surface area contributed by atoms with Crippen LogP contribution in [0.4, 0.5) is 5.69 Å². The van der Waals surface area contributed by atoms with E-state index in [2.05, 4.69) is 5.32 Å². The largest absolute Gasteiger partial charge is 0.489 e. The summed E-state index contributed by atoms with van der Waals surface area (Å²) in [6.07, 6.45) is 5.16. The number of sulfonamides is 1. The lowest BCUT2D eigenvalue weighted by molar-refractivity contribution is -0.140. The summed E-state index contributed by atoms with van der Waals surface area (Å²) in [5.74, 6) is -0.238. The van der Waals surface area contributed by atoms with E-state index in [1.54, 1.807) is 42.5 Å². The molecule has 0 aliphatic heterocycles. The molecule has 4 aromatic rings. The third-order valence-electron chi connectivity index (χ3n) is 8.32.